The average molecular weight is 480 g/mol. The molecule has 11 heteroatoms. The van der Waals surface area contributed by atoms with Gasteiger partial charge in [0.1, 0.15) is 11.5 Å². The van der Waals surface area contributed by atoms with Gasteiger partial charge in [0.2, 0.25) is 11.9 Å². The number of hydrogen-bond acceptors (Lipinski definition) is 5. The number of benzene rings is 1. The molecule has 0 saturated heterocycles. The molecule has 1 aromatic heterocycles. The van der Waals surface area contributed by atoms with Crippen molar-refractivity contribution in [2.75, 3.05) is 10.6 Å². The molecule has 178 valence electrons. The average Bonchev–Trinajstić information content (AvgIpc) is 2.72. The fourth-order valence-electron chi connectivity index (χ4n) is 3.85. The Labute approximate surface area is 196 Å². The van der Waals surface area contributed by atoms with Gasteiger partial charge in [0.05, 0.1) is 22.6 Å². The first-order valence-electron chi connectivity index (χ1n) is 10.8. The number of anilines is 2. The summed E-state index contributed by atoms with van der Waals surface area (Å²) in [5.74, 6) is -1.41. The second-order valence-corrected chi connectivity index (χ2v) is 8.92. The molecule has 1 aliphatic rings. The van der Waals surface area contributed by atoms with E-state index in [2.05, 4.69) is 25.6 Å². The van der Waals surface area contributed by atoms with Crippen LogP contribution in [-0.4, -0.2) is 27.9 Å². The molecule has 1 fully saturated rings. The number of primary amides is 1. The number of nitrogens with one attached hydrogen (secondary N) is 2. The van der Waals surface area contributed by atoms with Crippen LogP contribution >= 0.6 is 11.6 Å². The lowest BCUT2D eigenvalue weighted by Crippen LogP contribution is -2.28. The van der Waals surface area contributed by atoms with Gasteiger partial charge in [0.15, 0.2) is 11.8 Å². The van der Waals surface area contributed by atoms with Crippen molar-refractivity contribution < 1.29 is 13.6 Å². The molecular formula is C22H28ClF2N7O. The summed E-state index contributed by atoms with van der Waals surface area (Å²) in [5, 5.41) is 5.58. The number of hydrogen-bond donors (Lipinski definition) is 4. The Kier molecular flexibility index (Phi) is 8.01. The lowest BCUT2D eigenvalue weighted by molar-refractivity contribution is -0.122. The van der Waals surface area contributed by atoms with Crippen molar-refractivity contribution in [3.63, 3.8) is 0 Å². The van der Waals surface area contributed by atoms with Gasteiger partial charge in [-0.05, 0) is 57.9 Å². The first-order valence-corrected chi connectivity index (χ1v) is 11.2. The number of carbonyl (C=O) groups is 1. The van der Waals surface area contributed by atoms with Gasteiger partial charge in [0.25, 0.3) is 0 Å². The molecule has 2 aromatic rings. The number of aromatic nitrogens is 2. The smallest absolute Gasteiger partial charge is 0.223 e. The van der Waals surface area contributed by atoms with Gasteiger partial charge in [0, 0.05) is 18.0 Å². The van der Waals surface area contributed by atoms with E-state index >= 15 is 0 Å². The summed E-state index contributed by atoms with van der Waals surface area (Å²) >= 11 is 5.93. The molecule has 0 unspecified atom stereocenters. The quantitative estimate of drug-likeness (QED) is 0.349. The molecule has 0 atom stereocenters. The van der Waals surface area contributed by atoms with Gasteiger partial charge < -0.3 is 22.1 Å². The van der Waals surface area contributed by atoms with Crippen molar-refractivity contribution in [1.29, 1.82) is 0 Å². The maximum absolute atomic E-state index is 14.1. The van der Waals surface area contributed by atoms with Crippen LogP contribution in [0.15, 0.2) is 23.3 Å². The molecule has 1 amide bonds. The van der Waals surface area contributed by atoms with Crippen LogP contribution in [0, 0.1) is 23.5 Å². The first kappa shape index (κ1) is 24.6. The topological polar surface area (TPSA) is 131 Å². The van der Waals surface area contributed by atoms with Crippen molar-refractivity contribution in [2.24, 2.45) is 28.3 Å². The maximum Gasteiger partial charge on any atom is 0.223 e. The number of rotatable bonds is 7. The highest BCUT2D eigenvalue weighted by Crippen LogP contribution is 2.33. The Bertz CT molecular complexity index is 1020. The minimum atomic E-state index is -0.891. The van der Waals surface area contributed by atoms with Crippen LogP contribution in [0.4, 0.5) is 26.1 Å². The van der Waals surface area contributed by atoms with E-state index in [9.17, 15) is 13.6 Å². The molecule has 0 bridgehead atoms. The summed E-state index contributed by atoms with van der Waals surface area (Å²) in [6.07, 6.45) is 5.33. The molecule has 3 rings (SSSR count). The highest BCUT2D eigenvalue weighted by molar-refractivity contribution is 6.33. The predicted octanol–water partition coefficient (Wildman–Crippen LogP) is 4.12. The Morgan fingerprint density at radius 2 is 1.94 bits per heavy atom. The zero-order valence-corrected chi connectivity index (χ0v) is 19.3. The van der Waals surface area contributed by atoms with Gasteiger partial charge in [-0.1, -0.05) is 11.6 Å². The molecule has 8 nitrogen and oxygen atoms in total. The van der Waals surface area contributed by atoms with Gasteiger partial charge in [-0.3, -0.25) is 4.79 Å². The minimum Gasteiger partial charge on any atom is -0.369 e. The fourth-order valence-corrected chi connectivity index (χ4v) is 4.10. The number of nitrogens with zero attached hydrogens (tertiary/aromatic N) is 3. The summed E-state index contributed by atoms with van der Waals surface area (Å²) in [5.41, 5.74) is 12.3. The summed E-state index contributed by atoms with van der Waals surface area (Å²) in [6, 6.07) is 1.81. The van der Waals surface area contributed by atoms with Gasteiger partial charge >= 0.3 is 0 Å². The Balaban J connectivity index is 1.83. The van der Waals surface area contributed by atoms with Crippen LogP contribution < -0.4 is 22.1 Å². The number of halogens is 3. The Morgan fingerprint density at radius 3 is 2.55 bits per heavy atom. The normalized spacial score (nSPS) is 18.9. The van der Waals surface area contributed by atoms with E-state index in [-0.39, 0.29) is 34.5 Å². The summed E-state index contributed by atoms with van der Waals surface area (Å²) in [6.45, 7) is 3.95. The van der Waals surface area contributed by atoms with Crippen LogP contribution in [0.1, 0.15) is 45.2 Å². The largest absolute Gasteiger partial charge is 0.369 e. The molecule has 1 saturated carbocycles. The SMILES string of the molecule is CC(C)Nc1ncc(/N=C(\N)Nc2c(F)cc(F)cc2Cl)c(C[C@H]2CC[C@@H](C(N)=O)CC2)n1. The second-order valence-electron chi connectivity index (χ2n) is 8.52. The van der Waals surface area contributed by atoms with E-state index < -0.39 is 11.6 Å². The summed E-state index contributed by atoms with van der Waals surface area (Å²) < 4.78 is 27.4. The fraction of sp³-hybridized carbons (Fsp3) is 0.455. The molecule has 1 aliphatic carbocycles. The Hall–Kier alpha value is -3.01. The van der Waals surface area contributed by atoms with E-state index in [0.29, 0.717) is 35.7 Å². The molecule has 0 spiro atoms. The van der Waals surface area contributed by atoms with Crippen molar-refractivity contribution in [1.82, 2.24) is 9.97 Å². The van der Waals surface area contributed by atoms with Crippen molar-refractivity contribution in [3.05, 3.63) is 40.7 Å². The molecule has 0 radical (unpaired) electrons. The van der Waals surface area contributed by atoms with E-state index in [0.717, 1.165) is 31.7 Å². The van der Waals surface area contributed by atoms with E-state index in [1.54, 1.807) is 6.20 Å². The lowest BCUT2D eigenvalue weighted by atomic mass is 9.79. The van der Waals surface area contributed by atoms with Gasteiger partial charge in [-0.25, -0.2) is 23.7 Å². The number of nitrogens with two attached hydrogens (primary N) is 2. The maximum atomic E-state index is 14.1. The Morgan fingerprint density at radius 1 is 1.24 bits per heavy atom. The molecule has 0 aliphatic heterocycles. The highest BCUT2D eigenvalue weighted by atomic mass is 35.5. The zero-order valence-electron chi connectivity index (χ0n) is 18.5. The number of aliphatic imine (C=N–C) groups is 1. The predicted molar refractivity (Wildman–Crippen MR) is 125 cm³/mol. The van der Waals surface area contributed by atoms with E-state index in [1.807, 2.05) is 13.8 Å². The standard InChI is InChI=1S/C22H28ClF2N7O/c1-11(2)29-22-28-10-18(17(31-22)7-12-3-5-13(6-4-12)20(26)33)30-21(27)32-19-15(23)8-14(24)9-16(19)25/h8-13H,3-7H2,1-2H3,(H2,26,33)(H3,27,30,32)(H,28,29,31)/t12-,13+. The van der Waals surface area contributed by atoms with Crippen molar-refractivity contribution >= 4 is 40.8 Å². The summed E-state index contributed by atoms with van der Waals surface area (Å²) in [7, 11) is 0. The van der Waals surface area contributed by atoms with E-state index in [4.69, 9.17) is 23.1 Å². The van der Waals surface area contributed by atoms with Crippen molar-refractivity contribution in [3.8, 4) is 0 Å². The second kappa shape index (κ2) is 10.7. The molecule has 1 heterocycles. The zero-order chi connectivity index (χ0) is 24.1. The number of guanidine groups is 1. The van der Waals surface area contributed by atoms with Crippen LogP contribution in [0.3, 0.4) is 0 Å². The molecular weight excluding hydrogens is 452 g/mol. The number of amides is 1. The van der Waals surface area contributed by atoms with Gasteiger partial charge in [-0.2, -0.15) is 0 Å². The van der Waals surface area contributed by atoms with E-state index in [1.165, 1.54) is 0 Å². The van der Waals surface area contributed by atoms with Crippen LogP contribution in [0.2, 0.25) is 5.02 Å². The van der Waals surface area contributed by atoms with Crippen LogP contribution in [0.25, 0.3) is 0 Å². The summed E-state index contributed by atoms with van der Waals surface area (Å²) in [4.78, 5) is 24.7. The van der Waals surface area contributed by atoms with Crippen LogP contribution in [-0.2, 0) is 11.2 Å². The third-order valence-corrected chi connectivity index (χ3v) is 5.79. The minimum absolute atomic E-state index is 0.0856. The molecule has 6 N–H and O–H groups in total. The monoisotopic (exact) mass is 479 g/mol. The third-order valence-electron chi connectivity index (χ3n) is 5.50. The molecule has 1 aromatic carbocycles. The highest BCUT2D eigenvalue weighted by Gasteiger charge is 2.26. The lowest BCUT2D eigenvalue weighted by Gasteiger charge is -2.26. The van der Waals surface area contributed by atoms with Crippen molar-refractivity contribution in [2.45, 2.75) is 52.0 Å². The van der Waals surface area contributed by atoms with Gasteiger partial charge in [-0.15, -0.1) is 0 Å². The first-order chi connectivity index (χ1) is 15.6. The van der Waals surface area contributed by atoms with Crippen LogP contribution in [0.5, 0.6) is 0 Å². The molecule has 33 heavy (non-hydrogen) atoms. The third kappa shape index (κ3) is 6.74. The number of carbonyl (C=O) groups excluding carboxylic acids is 1.